The fourth-order valence-corrected chi connectivity index (χ4v) is 4.47. The minimum Gasteiger partial charge on any atom is -0.382 e. The fraction of sp³-hybridized carbons (Fsp3) is 0.480. The molecule has 7 nitrogen and oxygen atoms in total. The molecule has 2 aromatic rings. The van der Waals surface area contributed by atoms with Gasteiger partial charge < -0.3 is 21.3 Å². The first-order valence-electron chi connectivity index (χ1n) is 11.7. The second-order valence-corrected chi connectivity index (χ2v) is 9.01. The van der Waals surface area contributed by atoms with Crippen LogP contribution >= 0.6 is 0 Å². The lowest BCUT2D eigenvalue weighted by Gasteiger charge is -2.32. The maximum absolute atomic E-state index is 11.9. The van der Waals surface area contributed by atoms with Crippen LogP contribution in [0.2, 0.25) is 0 Å². The number of primary amides is 1. The fourth-order valence-electron chi connectivity index (χ4n) is 4.47. The quantitative estimate of drug-likeness (QED) is 0.575. The van der Waals surface area contributed by atoms with Crippen LogP contribution in [0.25, 0.3) is 0 Å². The Morgan fingerprint density at radius 2 is 1.84 bits per heavy atom. The summed E-state index contributed by atoms with van der Waals surface area (Å²) in [5, 5.41) is 6.77. The average Bonchev–Trinajstić information content (AvgIpc) is 3.65. The highest BCUT2D eigenvalue weighted by Gasteiger charge is 2.28. The molecule has 7 heteroatoms. The molecule has 1 aliphatic carbocycles. The number of nitrogens with zero attached hydrogens (tertiary/aromatic N) is 2. The summed E-state index contributed by atoms with van der Waals surface area (Å²) in [6.45, 7) is 5.73. The number of amides is 2. The van der Waals surface area contributed by atoms with Crippen molar-refractivity contribution in [1.29, 1.82) is 0 Å². The number of anilines is 3. The van der Waals surface area contributed by atoms with Gasteiger partial charge in [0.2, 0.25) is 5.91 Å². The van der Waals surface area contributed by atoms with Crippen LogP contribution < -0.4 is 16.4 Å². The molecule has 2 fully saturated rings. The van der Waals surface area contributed by atoms with E-state index in [-0.39, 0.29) is 5.91 Å². The van der Waals surface area contributed by atoms with Crippen molar-refractivity contribution in [2.75, 3.05) is 23.7 Å². The Labute approximate surface area is 189 Å². The number of carbonyl (C=O) groups is 2. The van der Waals surface area contributed by atoms with Crippen LogP contribution in [0.4, 0.5) is 17.2 Å². The van der Waals surface area contributed by atoms with Gasteiger partial charge in [-0.2, -0.15) is 0 Å². The van der Waals surface area contributed by atoms with Gasteiger partial charge in [-0.05, 0) is 62.1 Å². The Bertz CT molecular complexity index is 963. The molecular formula is C25H33N5O2. The van der Waals surface area contributed by atoms with Gasteiger partial charge in [0.1, 0.15) is 5.82 Å². The van der Waals surface area contributed by atoms with Gasteiger partial charge in [-0.25, -0.2) is 4.98 Å². The standard InChI is InChI=1S/C25H33N5O2/c1-3-24(31)30-12-10-19(11-13-30)18-6-8-20(9-7-18)29-23-14-22(21(15-27-23)25(26)32)28-16(2)17-4-5-17/h6-9,14-17,19H,3-5,10-13H2,1-2H3,(H2,26,32)(H2,27,28,29). The van der Waals surface area contributed by atoms with Gasteiger partial charge in [-0.3, -0.25) is 9.59 Å². The zero-order valence-corrected chi connectivity index (χ0v) is 18.9. The van der Waals surface area contributed by atoms with Crippen molar-refractivity contribution in [1.82, 2.24) is 9.88 Å². The Morgan fingerprint density at radius 1 is 1.16 bits per heavy atom. The largest absolute Gasteiger partial charge is 0.382 e. The molecule has 4 N–H and O–H groups in total. The van der Waals surface area contributed by atoms with Crippen LogP contribution in [0.3, 0.4) is 0 Å². The molecule has 2 amide bonds. The first-order valence-corrected chi connectivity index (χ1v) is 11.7. The van der Waals surface area contributed by atoms with E-state index < -0.39 is 5.91 Å². The molecule has 2 heterocycles. The van der Waals surface area contributed by atoms with E-state index in [1.165, 1.54) is 24.6 Å². The monoisotopic (exact) mass is 435 g/mol. The van der Waals surface area contributed by atoms with Crippen LogP contribution in [-0.2, 0) is 4.79 Å². The lowest BCUT2D eigenvalue weighted by molar-refractivity contribution is -0.131. The number of pyridine rings is 1. The minimum atomic E-state index is -0.481. The maximum atomic E-state index is 11.9. The molecule has 32 heavy (non-hydrogen) atoms. The van der Waals surface area contributed by atoms with Crippen LogP contribution in [0.5, 0.6) is 0 Å². The number of nitrogens with two attached hydrogens (primary N) is 1. The number of rotatable bonds is 8. The zero-order valence-electron chi connectivity index (χ0n) is 18.9. The Morgan fingerprint density at radius 3 is 2.44 bits per heavy atom. The van der Waals surface area contributed by atoms with E-state index in [4.69, 9.17) is 5.73 Å². The summed E-state index contributed by atoms with van der Waals surface area (Å²) >= 11 is 0. The third-order valence-electron chi connectivity index (χ3n) is 6.69. The van der Waals surface area contributed by atoms with E-state index in [9.17, 15) is 9.59 Å². The Balaban J connectivity index is 1.41. The third-order valence-corrected chi connectivity index (χ3v) is 6.69. The highest BCUT2D eigenvalue weighted by Crippen LogP contribution is 2.35. The van der Waals surface area contributed by atoms with Crippen molar-refractivity contribution in [3.63, 3.8) is 0 Å². The molecule has 1 saturated heterocycles. The van der Waals surface area contributed by atoms with Gasteiger partial charge in [0.15, 0.2) is 0 Å². The molecule has 1 aliphatic heterocycles. The van der Waals surface area contributed by atoms with Gasteiger partial charge in [0.05, 0.1) is 11.3 Å². The van der Waals surface area contributed by atoms with Crippen LogP contribution in [0.1, 0.15) is 67.8 Å². The van der Waals surface area contributed by atoms with Gasteiger partial charge >= 0.3 is 0 Å². The van der Waals surface area contributed by atoms with Crippen LogP contribution in [0, 0.1) is 5.92 Å². The number of benzene rings is 1. The summed E-state index contributed by atoms with van der Waals surface area (Å²) in [6, 6.07) is 10.6. The van der Waals surface area contributed by atoms with E-state index in [1.54, 1.807) is 0 Å². The lowest BCUT2D eigenvalue weighted by atomic mass is 9.89. The molecule has 1 unspecified atom stereocenters. The summed E-state index contributed by atoms with van der Waals surface area (Å²) in [5.74, 6) is 1.57. The number of nitrogens with one attached hydrogen (secondary N) is 2. The molecule has 0 spiro atoms. The predicted octanol–water partition coefficient (Wildman–Crippen LogP) is 4.25. The molecule has 2 aliphatic rings. The van der Waals surface area contributed by atoms with E-state index in [2.05, 4.69) is 46.8 Å². The molecule has 1 saturated carbocycles. The van der Waals surface area contributed by atoms with Crippen molar-refractivity contribution in [3.05, 3.63) is 47.7 Å². The molecule has 1 atom stereocenters. The van der Waals surface area contributed by atoms with E-state index in [0.717, 1.165) is 37.3 Å². The van der Waals surface area contributed by atoms with Crippen molar-refractivity contribution in [2.24, 2.45) is 11.7 Å². The Kier molecular flexibility index (Phi) is 6.63. The number of likely N-dealkylation sites (tertiary alicyclic amines) is 1. The van der Waals surface area contributed by atoms with Crippen molar-refractivity contribution in [2.45, 2.75) is 57.9 Å². The summed E-state index contributed by atoms with van der Waals surface area (Å²) in [5.41, 5.74) is 8.91. The van der Waals surface area contributed by atoms with E-state index in [0.29, 0.717) is 35.7 Å². The first-order chi connectivity index (χ1) is 15.4. The van der Waals surface area contributed by atoms with E-state index >= 15 is 0 Å². The summed E-state index contributed by atoms with van der Waals surface area (Å²) in [4.78, 5) is 30.1. The summed E-state index contributed by atoms with van der Waals surface area (Å²) < 4.78 is 0. The van der Waals surface area contributed by atoms with Gasteiger partial charge in [-0.1, -0.05) is 19.1 Å². The number of piperidine rings is 1. The molecule has 1 aromatic carbocycles. The summed E-state index contributed by atoms with van der Waals surface area (Å²) in [6.07, 6.45) is 6.56. The molecule has 0 bridgehead atoms. The molecule has 1 aromatic heterocycles. The second-order valence-electron chi connectivity index (χ2n) is 9.01. The highest BCUT2D eigenvalue weighted by molar-refractivity contribution is 5.98. The molecule has 0 radical (unpaired) electrons. The van der Waals surface area contributed by atoms with Crippen LogP contribution in [0.15, 0.2) is 36.5 Å². The topological polar surface area (TPSA) is 100 Å². The number of carbonyl (C=O) groups excluding carboxylic acids is 2. The second kappa shape index (κ2) is 9.59. The molecular weight excluding hydrogens is 402 g/mol. The van der Waals surface area contributed by atoms with Crippen molar-refractivity contribution in [3.8, 4) is 0 Å². The van der Waals surface area contributed by atoms with Gasteiger partial charge in [0, 0.05) is 43.5 Å². The van der Waals surface area contributed by atoms with Gasteiger partial charge in [-0.15, -0.1) is 0 Å². The van der Waals surface area contributed by atoms with Gasteiger partial charge in [0.25, 0.3) is 5.91 Å². The number of aromatic nitrogens is 1. The highest BCUT2D eigenvalue weighted by atomic mass is 16.2. The number of hydrogen-bond acceptors (Lipinski definition) is 5. The van der Waals surface area contributed by atoms with Crippen molar-refractivity contribution < 1.29 is 9.59 Å². The maximum Gasteiger partial charge on any atom is 0.252 e. The van der Waals surface area contributed by atoms with Crippen molar-refractivity contribution >= 4 is 29.0 Å². The average molecular weight is 436 g/mol. The smallest absolute Gasteiger partial charge is 0.252 e. The normalized spacial score (nSPS) is 17.6. The minimum absolute atomic E-state index is 0.248. The molecule has 170 valence electrons. The Hall–Kier alpha value is -3.09. The summed E-state index contributed by atoms with van der Waals surface area (Å²) in [7, 11) is 0. The predicted molar refractivity (Wildman–Crippen MR) is 127 cm³/mol. The first kappa shape index (κ1) is 22.1. The SMILES string of the molecule is CCC(=O)N1CCC(c2ccc(Nc3cc(NC(C)C4CC4)c(C(N)=O)cn3)cc2)CC1. The third kappa shape index (κ3) is 5.21. The molecule has 4 rings (SSSR count). The van der Waals surface area contributed by atoms with Crippen LogP contribution in [-0.4, -0.2) is 40.8 Å². The number of hydrogen-bond donors (Lipinski definition) is 3. The lowest BCUT2D eigenvalue weighted by Crippen LogP contribution is -2.37. The zero-order chi connectivity index (χ0) is 22.7. The van der Waals surface area contributed by atoms with E-state index in [1.807, 2.05) is 17.9 Å².